The van der Waals surface area contributed by atoms with Crippen molar-refractivity contribution >= 4 is 5.95 Å². The molecular formula is C14H27N3. The maximum Gasteiger partial charge on any atom is 0.203 e. The number of aryl methyl sites for hydroxylation is 2. The van der Waals surface area contributed by atoms with Crippen molar-refractivity contribution in [2.24, 2.45) is 5.92 Å². The molecule has 98 valence electrons. The molecule has 0 fully saturated rings. The van der Waals surface area contributed by atoms with Gasteiger partial charge in [0.2, 0.25) is 5.95 Å². The second kappa shape index (κ2) is 6.67. The minimum atomic E-state index is 0.495. The van der Waals surface area contributed by atoms with Crippen molar-refractivity contribution in [2.45, 2.75) is 66.5 Å². The normalized spacial score (nSPS) is 13.1. The van der Waals surface area contributed by atoms with E-state index in [0.29, 0.717) is 6.04 Å². The fourth-order valence-electron chi connectivity index (χ4n) is 1.95. The zero-order valence-electron chi connectivity index (χ0n) is 12.0. The van der Waals surface area contributed by atoms with Gasteiger partial charge in [0.15, 0.2) is 0 Å². The highest BCUT2D eigenvalue weighted by Crippen LogP contribution is 2.14. The number of nitrogens with one attached hydrogen (secondary N) is 1. The number of nitrogens with zero attached hydrogens (tertiary/aromatic N) is 2. The molecule has 0 spiro atoms. The number of anilines is 1. The smallest absolute Gasteiger partial charge is 0.203 e. The van der Waals surface area contributed by atoms with Crippen molar-refractivity contribution in [3.8, 4) is 0 Å². The van der Waals surface area contributed by atoms with E-state index in [0.717, 1.165) is 30.5 Å². The fraction of sp³-hybridized carbons (Fsp3) is 0.786. The summed E-state index contributed by atoms with van der Waals surface area (Å²) in [5, 5.41) is 3.52. The number of rotatable bonds is 7. The van der Waals surface area contributed by atoms with Crippen LogP contribution >= 0.6 is 0 Å². The lowest BCUT2D eigenvalue weighted by molar-refractivity contribution is 0.524. The maximum absolute atomic E-state index is 4.55. The Morgan fingerprint density at radius 3 is 2.59 bits per heavy atom. The second-order valence-electron chi connectivity index (χ2n) is 5.42. The first kappa shape index (κ1) is 14.1. The quantitative estimate of drug-likeness (QED) is 0.781. The molecule has 3 heteroatoms. The molecule has 17 heavy (non-hydrogen) atoms. The van der Waals surface area contributed by atoms with Crippen molar-refractivity contribution in [1.82, 2.24) is 9.55 Å². The van der Waals surface area contributed by atoms with Gasteiger partial charge in [0.1, 0.15) is 0 Å². The van der Waals surface area contributed by atoms with Gasteiger partial charge in [-0.1, -0.05) is 20.8 Å². The summed E-state index contributed by atoms with van der Waals surface area (Å²) in [6.07, 6.45) is 5.74. The van der Waals surface area contributed by atoms with Gasteiger partial charge in [-0.2, -0.15) is 0 Å². The molecule has 0 radical (unpaired) electrons. The Labute approximate surface area is 106 Å². The van der Waals surface area contributed by atoms with E-state index in [-0.39, 0.29) is 0 Å². The number of hydrogen-bond donors (Lipinski definition) is 1. The zero-order valence-corrected chi connectivity index (χ0v) is 12.0. The van der Waals surface area contributed by atoms with Gasteiger partial charge < -0.3 is 9.88 Å². The lowest BCUT2D eigenvalue weighted by Gasteiger charge is -2.16. The van der Waals surface area contributed by atoms with Gasteiger partial charge in [-0.25, -0.2) is 4.98 Å². The highest BCUT2D eigenvalue weighted by atomic mass is 15.2. The SMILES string of the molecule is CCCn1cc(C)nc1NC(C)CCC(C)C. The first-order valence-corrected chi connectivity index (χ1v) is 6.83. The van der Waals surface area contributed by atoms with Crippen LogP contribution in [0.15, 0.2) is 6.20 Å². The molecule has 0 bridgehead atoms. The number of hydrogen-bond acceptors (Lipinski definition) is 2. The molecule has 0 aliphatic heterocycles. The fourth-order valence-corrected chi connectivity index (χ4v) is 1.95. The molecule has 1 aromatic rings. The summed E-state index contributed by atoms with van der Waals surface area (Å²) in [6, 6.07) is 0.495. The Kier molecular flexibility index (Phi) is 5.52. The Balaban J connectivity index is 2.54. The predicted molar refractivity (Wildman–Crippen MR) is 74.4 cm³/mol. The van der Waals surface area contributed by atoms with Crippen molar-refractivity contribution in [1.29, 1.82) is 0 Å². The first-order chi connectivity index (χ1) is 8.02. The van der Waals surface area contributed by atoms with Crippen LogP contribution in [0.1, 0.15) is 52.7 Å². The van der Waals surface area contributed by atoms with Crippen LogP contribution in [-0.4, -0.2) is 15.6 Å². The molecule has 1 heterocycles. The minimum Gasteiger partial charge on any atom is -0.353 e. The molecule has 1 N–H and O–H groups in total. The van der Waals surface area contributed by atoms with Crippen LogP contribution in [0.5, 0.6) is 0 Å². The summed E-state index contributed by atoms with van der Waals surface area (Å²) in [7, 11) is 0. The summed E-state index contributed by atoms with van der Waals surface area (Å²) in [5.41, 5.74) is 1.09. The Morgan fingerprint density at radius 1 is 1.29 bits per heavy atom. The van der Waals surface area contributed by atoms with Crippen LogP contribution in [0.25, 0.3) is 0 Å². The molecule has 1 rings (SSSR count). The van der Waals surface area contributed by atoms with E-state index in [4.69, 9.17) is 0 Å². The van der Waals surface area contributed by atoms with E-state index < -0.39 is 0 Å². The highest BCUT2D eigenvalue weighted by Gasteiger charge is 2.09. The van der Waals surface area contributed by atoms with Crippen LogP contribution in [0, 0.1) is 12.8 Å². The summed E-state index contributed by atoms with van der Waals surface area (Å²) >= 11 is 0. The summed E-state index contributed by atoms with van der Waals surface area (Å²) < 4.78 is 2.22. The van der Waals surface area contributed by atoms with Crippen molar-refractivity contribution in [3.05, 3.63) is 11.9 Å². The van der Waals surface area contributed by atoms with Gasteiger partial charge in [-0.05, 0) is 39.0 Å². The summed E-state index contributed by atoms with van der Waals surface area (Å²) in [6.45, 7) is 12.1. The summed E-state index contributed by atoms with van der Waals surface area (Å²) in [4.78, 5) is 4.55. The average molecular weight is 237 g/mol. The zero-order chi connectivity index (χ0) is 12.8. The molecule has 1 unspecified atom stereocenters. The van der Waals surface area contributed by atoms with Crippen molar-refractivity contribution in [3.63, 3.8) is 0 Å². The topological polar surface area (TPSA) is 29.9 Å². The molecule has 0 saturated carbocycles. The number of aromatic nitrogens is 2. The van der Waals surface area contributed by atoms with E-state index in [1.165, 1.54) is 12.8 Å². The first-order valence-electron chi connectivity index (χ1n) is 6.83. The Morgan fingerprint density at radius 2 is 2.00 bits per heavy atom. The van der Waals surface area contributed by atoms with E-state index in [1.807, 2.05) is 0 Å². The molecule has 0 aliphatic carbocycles. The highest BCUT2D eigenvalue weighted by molar-refractivity contribution is 5.29. The monoisotopic (exact) mass is 237 g/mol. The molecule has 1 atom stereocenters. The van der Waals surface area contributed by atoms with Crippen LogP contribution in [0.3, 0.4) is 0 Å². The van der Waals surface area contributed by atoms with Crippen molar-refractivity contribution < 1.29 is 0 Å². The molecule has 1 aromatic heterocycles. The van der Waals surface area contributed by atoms with E-state index in [9.17, 15) is 0 Å². The van der Waals surface area contributed by atoms with Crippen molar-refractivity contribution in [2.75, 3.05) is 5.32 Å². The molecule has 3 nitrogen and oxygen atoms in total. The van der Waals surface area contributed by atoms with Gasteiger partial charge in [0.25, 0.3) is 0 Å². The largest absolute Gasteiger partial charge is 0.353 e. The van der Waals surface area contributed by atoms with Gasteiger partial charge in [-0.15, -0.1) is 0 Å². The van der Waals surface area contributed by atoms with Crippen LogP contribution in [0.2, 0.25) is 0 Å². The second-order valence-corrected chi connectivity index (χ2v) is 5.42. The van der Waals surface area contributed by atoms with E-state index in [2.05, 4.69) is 55.7 Å². The Hall–Kier alpha value is -0.990. The van der Waals surface area contributed by atoms with Gasteiger partial charge in [0.05, 0.1) is 5.69 Å². The maximum atomic E-state index is 4.55. The predicted octanol–water partition coefficient (Wildman–Crippen LogP) is 3.84. The average Bonchev–Trinajstić information content (AvgIpc) is 2.57. The molecular weight excluding hydrogens is 210 g/mol. The molecule has 0 saturated heterocycles. The molecule has 0 amide bonds. The Bertz CT molecular complexity index is 328. The third-order valence-corrected chi connectivity index (χ3v) is 2.91. The van der Waals surface area contributed by atoms with E-state index >= 15 is 0 Å². The van der Waals surface area contributed by atoms with Gasteiger partial charge in [0, 0.05) is 18.8 Å². The standard InChI is InChI=1S/C14H27N3/c1-6-9-17-10-13(5)16-14(17)15-12(4)8-7-11(2)3/h10-12H,6-9H2,1-5H3,(H,15,16). The van der Waals surface area contributed by atoms with Gasteiger partial charge >= 0.3 is 0 Å². The third kappa shape index (κ3) is 4.80. The lowest BCUT2D eigenvalue weighted by Crippen LogP contribution is -2.19. The lowest BCUT2D eigenvalue weighted by atomic mass is 10.0. The molecule has 0 aromatic carbocycles. The van der Waals surface area contributed by atoms with Crippen LogP contribution < -0.4 is 5.32 Å². The third-order valence-electron chi connectivity index (χ3n) is 2.91. The molecule has 0 aliphatic rings. The van der Waals surface area contributed by atoms with Crippen LogP contribution in [-0.2, 0) is 6.54 Å². The van der Waals surface area contributed by atoms with E-state index in [1.54, 1.807) is 0 Å². The van der Waals surface area contributed by atoms with Crippen LogP contribution in [0.4, 0.5) is 5.95 Å². The summed E-state index contributed by atoms with van der Waals surface area (Å²) in [5.74, 6) is 1.80. The number of imidazole rings is 1. The van der Waals surface area contributed by atoms with Gasteiger partial charge in [-0.3, -0.25) is 0 Å². The minimum absolute atomic E-state index is 0.495.